The van der Waals surface area contributed by atoms with Crippen molar-refractivity contribution in [1.29, 1.82) is 0 Å². The van der Waals surface area contributed by atoms with Crippen molar-refractivity contribution in [3.05, 3.63) is 69.6 Å². The van der Waals surface area contributed by atoms with Crippen molar-refractivity contribution in [3.63, 3.8) is 0 Å². The number of esters is 1. The zero-order valence-electron chi connectivity index (χ0n) is 16.2. The fourth-order valence-electron chi connectivity index (χ4n) is 3.01. The molecule has 0 bridgehead atoms. The van der Waals surface area contributed by atoms with E-state index in [1.165, 1.54) is 22.7 Å². The van der Waals surface area contributed by atoms with Crippen LogP contribution in [0.2, 0.25) is 5.02 Å². The van der Waals surface area contributed by atoms with E-state index in [1.807, 2.05) is 31.2 Å². The normalized spacial score (nSPS) is 10.9. The number of nitrogens with one attached hydrogen (secondary N) is 1. The Hall–Kier alpha value is -2.74. The van der Waals surface area contributed by atoms with Gasteiger partial charge in [-0.25, -0.2) is 9.78 Å². The highest BCUT2D eigenvalue weighted by atomic mass is 35.5. The third-order valence-electron chi connectivity index (χ3n) is 4.45. The van der Waals surface area contributed by atoms with Gasteiger partial charge in [0.15, 0.2) is 0 Å². The third kappa shape index (κ3) is 3.96. The van der Waals surface area contributed by atoms with E-state index in [0.29, 0.717) is 20.5 Å². The number of anilines is 1. The van der Waals surface area contributed by atoms with Crippen LogP contribution in [0.3, 0.4) is 0 Å². The van der Waals surface area contributed by atoms with Gasteiger partial charge in [-0.2, -0.15) is 0 Å². The topological polar surface area (TPSA) is 68.3 Å². The molecule has 2 aromatic carbocycles. The van der Waals surface area contributed by atoms with E-state index >= 15 is 0 Å². The van der Waals surface area contributed by atoms with Crippen LogP contribution >= 0.6 is 34.3 Å². The average Bonchev–Trinajstić information content (AvgIpc) is 3.29. The Bertz CT molecular complexity index is 1210. The van der Waals surface area contributed by atoms with Gasteiger partial charge in [-0.05, 0) is 55.8 Å². The molecule has 2 aromatic heterocycles. The number of hydrogen-bond acceptors (Lipinski definition) is 6. The Morgan fingerprint density at radius 2 is 1.83 bits per heavy atom. The van der Waals surface area contributed by atoms with E-state index < -0.39 is 5.97 Å². The average molecular weight is 457 g/mol. The van der Waals surface area contributed by atoms with Crippen molar-refractivity contribution in [1.82, 2.24) is 4.98 Å². The Morgan fingerprint density at radius 1 is 1.10 bits per heavy atom. The van der Waals surface area contributed by atoms with Crippen LogP contribution in [0.25, 0.3) is 20.8 Å². The number of carbonyl (C=O) groups excluding carboxylic acids is 2. The van der Waals surface area contributed by atoms with Crippen molar-refractivity contribution in [2.75, 3.05) is 11.9 Å². The number of halogens is 1. The van der Waals surface area contributed by atoms with Gasteiger partial charge in [0.2, 0.25) is 0 Å². The molecule has 0 radical (unpaired) electrons. The van der Waals surface area contributed by atoms with E-state index in [0.717, 1.165) is 26.4 Å². The van der Waals surface area contributed by atoms with Crippen molar-refractivity contribution >= 4 is 61.4 Å². The molecule has 0 aliphatic heterocycles. The standard InChI is InChI=1S/C22H17ClN2O3S2/c1-3-28-22(27)18-12(2)17(20-24-15-6-4-5-7-16(15)29-20)21(30-18)25-19(26)13-8-10-14(23)11-9-13/h4-11H,3H2,1-2H3,(H,25,26). The lowest BCUT2D eigenvalue weighted by Crippen LogP contribution is -2.11. The zero-order chi connectivity index (χ0) is 21.3. The maximum Gasteiger partial charge on any atom is 0.348 e. The molecule has 0 saturated carbocycles. The van der Waals surface area contributed by atoms with Crippen LogP contribution in [0.4, 0.5) is 5.00 Å². The number of fused-ring (bicyclic) bond motifs is 1. The highest BCUT2D eigenvalue weighted by Crippen LogP contribution is 2.43. The van der Waals surface area contributed by atoms with E-state index in [-0.39, 0.29) is 12.5 Å². The lowest BCUT2D eigenvalue weighted by Gasteiger charge is -2.06. The molecule has 4 rings (SSSR count). The first kappa shape index (κ1) is 20.5. The minimum absolute atomic E-state index is 0.277. The lowest BCUT2D eigenvalue weighted by atomic mass is 10.1. The van der Waals surface area contributed by atoms with E-state index in [2.05, 4.69) is 5.32 Å². The second-order valence-corrected chi connectivity index (χ2v) is 8.92. The minimum Gasteiger partial charge on any atom is -0.462 e. The molecule has 0 unspecified atom stereocenters. The SMILES string of the molecule is CCOC(=O)c1sc(NC(=O)c2ccc(Cl)cc2)c(-c2nc3ccccc3s2)c1C. The second kappa shape index (κ2) is 8.55. The maximum absolute atomic E-state index is 12.8. The molecule has 152 valence electrons. The molecule has 8 heteroatoms. The summed E-state index contributed by atoms with van der Waals surface area (Å²) in [5.74, 6) is -0.694. The van der Waals surface area contributed by atoms with Crippen LogP contribution in [0.15, 0.2) is 48.5 Å². The van der Waals surface area contributed by atoms with Crippen LogP contribution in [0.5, 0.6) is 0 Å². The number of carbonyl (C=O) groups is 2. The quantitative estimate of drug-likeness (QED) is 0.352. The summed E-state index contributed by atoms with van der Waals surface area (Å²) in [6.45, 7) is 3.89. The Morgan fingerprint density at radius 3 is 2.53 bits per heavy atom. The molecule has 5 nitrogen and oxygen atoms in total. The highest BCUT2D eigenvalue weighted by Gasteiger charge is 2.25. The van der Waals surface area contributed by atoms with Crippen molar-refractivity contribution in [2.24, 2.45) is 0 Å². The molecule has 2 heterocycles. The number of ether oxygens (including phenoxy) is 1. The van der Waals surface area contributed by atoms with Gasteiger partial charge in [-0.1, -0.05) is 23.7 Å². The number of hydrogen-bond donors (Lipinski definition) is 1. The summed E-state index contributed by atoms with van der Waals surface area (Å²) in [5, 5.41) is 4.80. The van der Waals surface area contributed by atoms with Gasteiger partial charge in [-0.15, -0.1) is 22.7 Å². The first-order chi connectivity index (χ1) is 14.5. The van der Waals surface area contributed by atoms with Gasteiger partial charge >= 0.3 is 5.97 Å². The molecule has 4 aromatic rings. The third-order valence-corrected chi connectivity index (χ3v) is 6.94. The smallest absolute Gasteiger partial charge is 0.348 e. The maximum atomic E-state index is 12.8. The summed E-state index contributed by atoms with van der Waals surface area (Å²) in [5.41, 5.74) is 2.82. The molecule has 0 atom stereocenters. The van der Waals surface area contributed by atoms with Crippen LogP contribution in [0, 0.1) is 6.92 Å². The molecule has 1 amide bonds. The fourth-order valence-corrected chi connectivity index (χ4v) is 5.37. The monoisotopic (exact) mass is 456 g/mol. The number of para-hydroxylation sites is 1. The molecular weight excluding hydrogens is 440 g/mol. The van der Waals surface area contributed by atoms with Crippen LogP contribution in [-0.2, 0) is 4.74 Å². The van der Waals surface area contributed by atoms with Crippen LogP contribution in [0.1, 0.15) is 32.5 Å². The Kier molecular flexibility index (Phi) is 5.85. The number of amides is 1. The molecular formula is C22H17ClN2O3S2. The first-order valence-corrected chi connectivity index (χ1v) is 11.2. The first-order valence-electron chi connectivity index (χ1n) is 9.21. The summed E-state index contributed by atoms with van der Waals surface area (Å²) < 4.78 is 6.23. The second-order valence-electron chi connectivity index (χ2n) is 6.43. The molecule has 0 saturated heterocycles. The van der Waals surface area contributed by atoms with Crippen LogP contribution < -0.4 is 5.32 Å². The molecule has 0 aliphatic carbocycles. The summed E-state index contributed by atoms with van der Waals surface area (Å²) in [7, 11) is 0. The number of aromatic nitrogens is 1. The number of thiazole rings is 1. The molecule has 30 heavy (non-hydrogen) atoms. The van der Waals surface area contributed by atoms with Gasteiger partial charge in [0.05, 0.1) is 16.8 Å². The summed E-state index contributed by atoms with van der Waals surface area (Å²) in [6, 6.07) is 14.5. The predicted molar refractivity (Wildman–Crippen MR) is 123 cm³/mol. The lowest BCUT2D eigenvalue weighted by molar-refractivity contribution is 0.0531. The van der Waals surface area contributed by atoms with Crippen molar-refractivity contribution in [3.8, 4) is 10.6 Å². The summed E-state index contributed by atoms with van der Waals surface area (Å²) in [6.07, 6.45) is 0. The molecule has 0 spiro atoms. The Labute approximate surface area is 186 Å². The minimum atomic E-state index is -0.408. The summed E-state index contributed by atoms with van der Waals surface area (Å²) in [4.78, 5) is 30.5. The molecule has 1 N–H and O–H groups in total. The van der Waals surface area contributed by atoms with Gasteiger partial charge in [0.1, 0.15) is 14.9 Å². The fraction of sp³-hybridized carbons (Fsp3) is 0.136. The van der Waals surface area contributed by atoms with Gasteiger partial charge in [0, 0.05) is 16.1 Å². The number of nitrogens with zero attached hydrogens (tertiary/aromatic N) is 1. The van der Waals surface area contributed by atoms with Crippen molar-refractivity contribution in [2.45, 2.75) is 13.8 Å². The van der Waals surface area contributed by atoms with E-state index in [4.69, 9.17) is 21.3 Å². The van der Waals surface area contributed by atoms with Crippen molar-refractivity contribution < 1.29 is 14.3 Å². The van der Waals surface area contributed by atoms with Gasteiger partial charge in [0.25, 0.3) is 5.91 Å². The molecule has 0 aliphatic rings. The summed E-state index contributed by atoms with van der Waals surface area (Å²) >= 11 is 8.64. The largest absolute Gasteiger partial charge is 0.462 e. The highest BCUT2D eigenvalue weighted by molar-refractivity contribution is 7.23. The van der Waals surface area contributed by atoms with Gasteiger partial charge < -0.3 is 10.1 Å². The number of rotatable bonds is 5. The van der Waals surface area contributed by atoms with E-state index in [1.54, 1.807) is 31.2 Å². The molecule has 0 fully saturated rings. The predicted octanol–water partition coefficient (Wildman–Crippen LogP) is 6.42. The zero-order valence-corrected chi connectivity index (χ0v) is 18.6. The van der Waals surface area contributed by atoms with Gasteiger partial charge in [-0.3, -0.25) is 4.79 Å². The number of benzene rings is 2. The number of thiophene rings is 1. The van der Waals surface area contributed by atoms with Crippen LogP contribution in [-0.4, -0.2) is 23.5 Å². The van der Waals surface area contributed by atoms with E-state index in [9.17, 15) is 9.59 Å². The Balaban J connectivity index is 1.79.